The summed E-state index contributed by atoms with van der Waals surface area (Å²) in [7, 11) is 1.35. The normalized spacial score (nSPS) is 9.60. The standard InChI is InChI=1S/C9H12BNO4/c1-11-9(12)7-4-3-6(10(13)14)5-8(7)15-2/h3-5,13-14H,1-2H3,(H,11,12). The van der Waals surface area contributed by atoms with E-state index in [2.05, 4.69) is 5.32 Å². The summed E-state index contributed by atoms with van der Waals surface area (Å²) in [4.78, 5) is 11.4. The lowest BCUT2D eigenvalue weighted by atomic mass is 9.80. The van der Waals surface area contributed by atoms with Gasteiger partial charge in [-0.3, -0.25) is 4.79 Å². The highest BCUT2D eigenvalue weighted by Crippen LogP contribution is 2.15. The van der Waals surface area contributed by atoms with Gasteiger partial charge in [-0.05, 0) is 17.6 Å². The Labute approximate surface area is 87.8 Å². The molecule has 0 fully saturated rings. The van der Waals surface area contributed by atoms with Crippen LogP contribution in [-0.4, -0.2) is 37.2 Å². The van der Waals surface area contributed by atoms with Crippen LogP contribution >= 0.6 is 0 Å². The molecule has 0 aromatic heterocycles. The second kappa shape index (κ2) is 4.81. The van der Waals surface area contributed by atoms with E-state index in [9.17, 15) is 4.79 Å². The van der Waals surface area contributed by atoms with Gasteiger partial charge in [-0.25, -0.2) is 0 Å². The maximum atomic E-state index is 11.4. The highest BCUT2D eigenvalue weighted by Gasteiger charge is 2.16. The summed E-state index contributed by atoms with van der Waals surface area (Å²) in [5.74, 6) is 0.0192. The third kappa shape index (κ3) is 2.48. The Morgan fingerprint density at radius 1 is 1.47 bits per heavy atom. The highest BCUT2D eigenvalue weighted by atomic mass is 16.5. The number of benzene rings is 1. The zero-order chi connectivity index (χ0) is 11.4. The number of carbonyl (C=O) groups is 1. The van der Waals surface area contributed by atoms with Gasteiger partial charge in [-0.1, -0.05) is 6.07 Å². The second-order valence-corrected chi connectivity index (χ2v) is 2.91. The van der Waals surface area contributed by atoms with Crippen LogP contribution in [0.2, 0.25) is 0 Å². The first-order valence-electron chi connectivity index (χ1n) is 4.36. The molecule has 0 radical (unpaired) electrons. The van der Waals surface area contributed by atoms with Crippen molar-refractivity contribution in [3.05, 3.63) is 23.8 Å². The minimum absolute atomic E-state index is 0.277. The van der Waals surface area contributed by atoms with E-state index < -0.39 is 7.12 Å². The van der Waals surface area contributed by atoms with Crippen molar-refractivity contribution < 1.29 is 19.6 Å². The van der Waals surface area contributed by atoms with Crippen molar-refractivity contribution >= 4 is 18.5 Å². The molecule has 0 aliphatic heterocycles. The van der Waals surface area contributed by atoms with E-state index in [-0.39, 0.29) is 11.4 Å². The van der Waals surface area contributed by atoms with Gasteiger partial charge < -0.3 is 20.1 Å². The maximum absolute atomic E-state index is 11.4. The molecule has 0 saturated carbocycles. The Morgan fingerprint density at radius 2 is 2.13 bits per heavy atom. The molecule has 80 valence electrons. The summed E-state index contributed by atoms with van der Waals surface area (Å²) in [6, 6.07) is 4.35. The van der Waals surface area contributed by atoms with Crippen LogP contribution < -0.4 is 15.5 Å². The topological polar surface area (TPSA) is 78.8 Å². The van der Waals surface area contributed by atoms with Crippen LogP contribution in [0, 0.1) is 0 Å². The molecule has 0 heterocycles. The van der Waals surface area contributed by atoms with Gasteiger partial charge in [0.2, 0.25) is 0 Å². The van der Waals surface area contributed by atoms with Crippen molar-refractivity contribution in [1.29, 1.82) is 0 Å². The first kappa shape index (κ1) is 11.5. The number of methoxy groups -OCH3 is 1. The average molecular weight is 209 g/mol. The van der Waals surface area contributed by atoms with Gasteiger partial charge in [0.05, 0.1) is 12.7 Å². The van der Waals surface area contributed by atoms with Crippen molar-refractivity contribution in [3.8, 4) is 5.75 Å². The summed E-state index contributed by atoms with van der Waals surface area (Å²) in [5, 5.41) is 20.3. The van der Waals surface area contributed by atoms with Gasteiger partial charge in [-0.15, -0.1) is 0 Å². The highest BCUT2D eigenvalue weighted by molar-refractivity contribution is 6.58. The Bertz CT molecular complexity index is 367. The molecule has 0 bridgehead atoms. The Balaban J connectivity index is 3.15. The van der Waals surface area contributed by atoms with Crippen LogP contribution in [0.3, 0.4) is 0 Å². The molecule has 0 atom stereocenters. The molecule has 0 aliphatic carbocycles. The quantitative estimate of drug-likeness (QED) is 0.542. The zero-order valence-corrected chi connectivity index (χ0v) is 8.52. The molecular formula is C9H12BNO4. The van der Waals surface area contributed by atoms with Gasteiger partial charge in [-0.2, -0.15) is 0 Å². The van der Waals surface area contributed by atoms with E-state index >= 15 is 0 Å². The lowest BCUT2D eigenvalue weighted by Gasteiger charge is -2.09. The number of ether oxygens (including phenoxy) is 1. The van der Waals surface area contributed by atoms with E-state index in [4.69, 9.17) is 14.8 Å². The van der Waals surface area contributed by atoms with Crippen molar-refractivity contribution in [2.24, 2.45) is 0 Å². The fraction of sp³-hybridized carbons (Fsp3) is 0.222. The summed E-state index contributed by atoms with van der Waals surface area (Å²) < 4.78 is 4.98. The SMILES string of the molecule is CNC(=O)c1ccc(B(O)O)cc1OC. The van der Waals surface area contributed by atoms with Crippen LogP contribution in [-0.2, 0) is 0 Å². The Kier molecular flexibility index (Phi) is 3.71. The lowest BCUT2D eigenvalue weighted by molar-refractivity contribution is 0.0960. The first-order chi connectivity index (χ1) is 7.10. The van der Waals surface area contributed by atoms with Gasteiger partial charge in [0, 0.05) is 7.05 Å². The molecule has 0 spiro atoms. The molecule has 6 heteroatoms. The van der Waals surface area contributed by atoms with Gasteiger partial charge in [0.15, 0.2) is 0 Å². The smallest absolute Gasteiger partial charge is 0.488 e. The predicted octanol–water partition coefficient (Wildman–Crippen LogP) is -1.27. The molecule has 0 aliphatic rings. The molecule has 3 N–H and O–H groups in total. The first-order valence-corrected chi connectivity index (χ1v) is 4.36. The summed E-state index contributed by atoms with van der Waals surface area (Å²) in [5.41, 5.74) is 0.629. The predicted molar refractivity (Wildman–Crippen MR) is 56.2 cm³/mol. The van der Waals surface area contributed by atoms with Crippen molar-refractivity contribution in [2.45, 2.75) is 0 Å². The average Bonchev–Trinajstić information content (AvgIpc) is 2.27. The van der Waals surface area contributed by atoms with Gasteiger partial charge >= 0.3 is 7.12 Å². The summed E-state index contributed by atoms with van der Waals surface area (Å²) in [6.07, 6.45) is 0. The number of amides is 1. The van der Waals surface area contributed by atoms with Crippen LogP contribution in [0.4, 0.5) is 0 Å². The van der Waals surface area contributed by atoms with Crippen molar-refractivity contribution in [1.82, 2.24) is 5.32 Å². The molecule has 15 heavy (non-hydrogen) atoms. The Morgan fingerprint density at radius 3 is 2.60 bits per heavy atom. The Hall–Kier alpha value is -1.53. The van der Waals surface area contributed by atoms with Crippen molar-refractivity contribution in [2.75, 3.05) is 14.2 Å². The molecule has 1 rings (SSSR count). The monoisotopic (exact) mass is 209 g/mol. The number of hydrogen-bond donors (Lipinski definition) is 3. The largest absolute Gasteiger partial charge is 0.496 e. The van der Waals surface area contributed by atoms with Crippen LogP contribution in [0.15, 0.2) is 18.2 Å². The molecule has 0 unspecified atom stereocenters. The maximum Gasteiger partial charge on any atom is 0.488 e. The third-order valence-corrected chi connectivity index (χ3v) is 2.00. The number of nitrogens with one attached hydrogen (secondary N) is 1. The van der Waals surface area contributed by atoms with E-state index in [1.807, 2.05) is 0 Å². The van der Waals surface area contributed by atoms with E-state index in [0.29, 0.717) is 11.3 Å². The molecule has 0 saturated heterocycles. The second-order valence-electron chi connectivity index (χ2n) is 2.91. The molecule has 1 aromatic rings. The van der Waals surface area contributed by atoms with Crippen molar-refractivity contribution in [3.63, 3.8) is 0 Å². The fourth-order valence-electron chi connectivity index (χ4n) is 1.19. The summed E-state index contributed by atoms with van der Waals surface area (Å²) >= 11 is 0. The minimum atomic E-state index is -1.57. The third-order valence-electron chi connectivity index (χ3n) is 2.00. The lowest BCUT2D eigenvalue weighted by Crippen LogP contribution is -2.30. The number of carbonyl (C=O) groups excluding carboxylic acids is 1. The van der Waals surface area contributed by atoms with Crippen LogP contribution in [0.5, 0.6) is 5.75 Å². The fourth-order valence-corrected chi connectivity index (χ4v) is 1.19. The van der Waals surface area contributed by atoms with Crippen LogP contribution in [0.1, 0.15) is 10.4 Å². The van der Waals surface area contributed by atoms with E-state index in [0.717, 1.165) is 0 Å². The van der Waals surface area contributed by atoms with E-state index in [1.165, 1.54) is 32.4 Å². The van der Waals surface area contributed by atoms with E-state index in [1.54, 1.807) is 0 Å². The number of rotatable bonds is 3. The summed E-state index contributed by atoms with van der Waals surface area (Å²) in [6.45, 7) is 0. The van der Waals surface area contributed by atoms with Gasteiger partial charge in [0.25, 0.3) is 5.91 Å². The zero-order valence-electron chi connectivity index (χ0n) is 8.52. The number of hydrogen-bond acceptors (Lipinski definition) is 4. The minimum Gasteiger partial charge on any atom is -0.496 e. The van der Waals surface area contributed by atoms with Crippen LogP contribution in [0.25, 0.3) is 0 Å². The molecule has 1 aromatic carbocycles. The molecular weight excluding hydrogens is 197 g/mol. The molecule has 1 amide bonds. The van der Waals surface area contributed by atoms with Gasteiger partial charge in [0.1, 0.15) is 5.75 Å². The molecule has 5 nitrogen and oxygen atoms in total.